The largest absolute Gasteiger partial charge is 0.446 e. The van der Waals surface area contributed by atoms with Gasteiger partial charge in [0.15, 0.2) is 0 Å². The Labute approximate surface area is 249 Å². The van der Waals surface area contributed by atoms with E-state index in [9.17, 15) is 15.0 Å². The number of rotatable bonds is 8. The Bertz CT molecular complexity index is 1000. The number of aliphatic hydroxyl groups excluding tert-OH is 1. The van der Waals surface area contributed by atoms with Crippen molar-refractivity contribution >= 4 is 6.09 Å². The maximum absolute atomic E-state index is 12.8. The molecule has 5 saturated carbocycles. The van der Waals surface area contributed by atoms with Crippen molar-refractivity contribution in [1.29, 1.82) is 0 Å². The summed E-state index contributed by atoms with van der Waals surface area (Å²) >= 11 is 0. The van der Waals surface area contributed by atoms with Crippen LogP contribution in [-0.4, -0.2) is 64.8 Å². The van der Waals surface area contributed by atoms with E-state index in [1.165, 1.54) is 32.1 Å². The lowest BCUT2D eigenvalue weighted by Crippen LogP contribution is -2.56. The van der Waals surface area contributed by atoms with Crippen LogP contribution in [0.15, 0.2) is 0 Å². The number of hydrogen-bond acceptors (Lipinski definition) is 5. The molecule has 11 atom stereocenters. The number of ether oxygens (including phenoxy) is 2. The van der Waals surface area contributed by atoms with Gasteiger partial charge in [-0.05, 0) is 131 Å². The first-order chi connectivity index (χ1) is 19.2. The molecule has 1 heterocycles. The van der Waals surface area contributed by atoms with E-state index in [1.54, 1.807) is 0 Å². The molecule has 0 aromatic rings. The van der Waals surface area contributed by atoms with Gasteiger partial charge in [-0.1, -0.05) is 34.1 Å². The van der Waals surface area contributed by atoms with Crippen LogP contribution < -0.4 is 0 Å². The normalized spacial score (nSPS) is 46.9. The van der Waals surface area contributed by atoms with Crippen molar-refractivity contribution in [3.05, 3.63) is 0 Å². The van der Waals surface area contributed by atoms with Crippen molar-refractivity contribution < 1.29 is 24.5 Å². The standard InChI is InChI=1S/C35H59NO5/c1-8-40-29(32(5,6)39)12-9-11-24-26(37)21-25-23-13-14-27-31(3,4)28(41-30(38)36-19-10-20-36)15-16-35(27)22(2)34(23,35)18-17-33(24,25)7/h22-29,37,39H,8-21H2,1-7H3/t22-,23-,24-,25?,26+,27?,28-,29-,33+,34-,35?/m0/s1. The van der Waals surface area contributed by atoms with Gasteiger partial charge in [-0.25, -0.2) is 4.79 Å². The van der Waals surface area contributed by atoms with E-state index in [0.717, 1.165) is 57.5 Å². The first-order valence-electron chi connectivity index (χ1n) is 17.2. The highest BCUT2D eigenvalue weighted by molar-refractivity contribution is 5.68. The van der Waals surface area contributed by atoms with Gasteiger partial charge >= 0.3 is 6.09 Å². The molecule has 6 heteroatoms. The first kappa shape index (κ1) is 30.2. The fourth-order valence-electron chi connectivity index (χ4n) is 12.5. The molecule has 3 unspecified atom stereocenters. The molecule has 1 saturated heterocycles. The molecule has 2 N–H and O–H groups in total. The Morgan fingerprint density at radius 1 is 1.05 bits per heavy atom. The molecule has 6 fully saturated rings. The predicted octanol–water partition coefficient (Wildman–Crippen LogP) is 6.81. The highest BCUT2D eigenvalue weighted by atomic mass is 16.6. The highest BCUT2D eigenvalue weighted by Gasteiger charge is 2.84. The average molecular weight is 574 g/mol. The van der Waals surface area contributed by atoms with Crippen molar-refractivity contribution in [3.8, 4) is 0 Å². The minimum Gasteiger partial charge on any atom is -0.446 e. The second-order valence-electron chi connectivity index (χ2n) is 16.7. The minimum absolute atomic E-state index is 0.00241. The molecule has 0 aromatic carbocycles. The zero-order valence-corrected chi connectivity index (χ0v) is 27.1. The predicted molar refractivity (Wildman–Crippen MR) is 160 cm³/mol. The third kappa shape index (κ3) is 4.22. The number of hydrogen-bond donors (Lipinski definition) is 2. The quantitative estimate of drug-likeness (QED) is 0.334. The molecular weight excluding hydrogens is 514 g/mol. The Kier molecular flexibility index (Phi) is 7.43. The second-order valence-corrected chi connectivity index (χ2v) is 16.7. The van der Waals surface area contributed by atoms with Gasteiger partial charge in [-0.3, -0.25) is 0 Å². The Morgan fingerprint density at radius 2 is 1.78 bits per heavy atom. The molecule has 0 bridgehead atoms. The lowest BCUT2D eigenvalue weighted by atomic mass is 9.46. The van der Waals surface area contributed by atoms with Crippen LogP contribution in [0.4, 0.5) is 4.79 Å². The molecule has 5 aliphatic carbocycles. The number of carbonyl (C=O) groups excluding carboxylic acids is 1. The Balaban J connectivity index is 1.17. The van der Waals surface area contributed by atoms with Crippen LogP contribution in [0.2, 0.25) is 0 Å². The van der Waals surface area contributed by atoms with Crippen LogP contribution in [0.25, 0.3) is 0 Å². The van der Waals surface area contributed by atoms with Crippen molar-refractivity contribution in [3.63, 3.8) is 0 Å². The fourth-order valence-corrected chi connectivity index (χ4v) is 12.5. The summed E-state index contributed by atoms with van der Waals surface area (Å²) < 4.78 is 12.1. The van der Waals surface area contributed by atoms with Crippen LogP contribution >= 0.6 is 0 Å². The summed E-state index contributed by atoms with van der Waals surface area (Å²) in [6.45, 7) is 17.9. The van der Waals surface area contributed by atoms with E-state index in [4.69, 9.17) is 9.47 Å². The summed E-state index contributed by atoms with van der Waals surface area (Å²) in [5.41, 5.74) is 0.127. The molecule has 1 aliphatic heterocycles. The molecule has 6 rings (SSSR count). The minimum atomic E-state index is -0.844. The SMILES string of the molecule is CCO[C@@H](CCC[C@H]1[C@H](O)CC2[C@@H]3CCC4C(C)(C)[C@@H](OC(=O)N5CCC5)CCC45[C@@H](C)[C@@]35CC[C@@]21C)C(C)(C)O. The van der Waals surface area contributed by atoms with Gasteiger partial charge in [0, 0.05) is 25.1 Å². The number of aliphatic hydroxyl groups is 2. The smallest absolute Gasteiger partial charge is 0.410 e. The lowest BCUT2D eigenvalue weighted by Gasteiger charge is -2.59. The highest BCUT2D eigenvalue weighted by Crippen LogP contribution is 2.89. The van der Waals surface area contributed by atoms with Gasteiger partial charge in [-0.15, -0.1) is 0 Å². The van der Waals surface area contributed by atoms with Crippen molar-refractivity contribution in [2.24, 2.45) is 51.2 Å². The van der Waals surface area contributed by atoms with Gasteiger partial charge in [0.2, 0.25) is 0 Å². The monoisotopic (exact) mass is 573 g/mol. The number of amides is 1. The summed E-state index contributed by atoms with van der Waals surface area (Å²) in [4.78, 5) is 14.7. The van der Waals surface area contributed by atoms with Crippen LogP contribution in [0.5, 0.6) is 0 Å². The number of likely N-dealkylation sites (tertiary alicyclic amines) is 1. The van der Waals surface area contributed by atoms with Crippen LogP contribution in [0.3, 0.4) is 0 Å². The second kappa shape index (κ2) is 10.1. The summed E-state index contributed by atoms with van der Waals surface area (Å²) in [6, 6.07) is 0. The summed E-state index contributed by atoms with van der Waals surface area (Å²) in [7, 11) is 0. The summed E-state index contributed by atoms with van der Waals surface area (Å²) in [6.07, 6.45) is 11.7. The molecular formula is C35H59NO5. The number of fused-ring (bicyclic) bond motifs is 2. The zero-order chi connectivity index (χ0) is 29.6. The van der Waals surface area contributed by atoms with E-state index in [1.807, 2.05) is 25.7 Å². The lowest BCUT2D eigenvalue weighted by molar-refractivity contribution is -0.137. The van der Waals surface area contributed by atoms with Crippen molar-refractivity contribution in [1.82, 2.24) is 4.90 Å². The molecule has 0 radical (unpaired) electrons. The van der Waals surface area contributed by atoms with E-state index >= 15 is 0 Å². The van der Waals surface area contributed by atoms with Gasteiger partial charge in [0.25, 0.3) is 0 Å². The third-order valence-corrected chi connectivity index (χ3v) is 14.6. The van der Waals surface area contributed by atoms with E-state index in [-0.39, 0.29) is 35.2 Å². The van der Waals surface area contributed by atoms with Gasteiger partial charge < -0.3 is 24.6 Å². The van der Waals surface area contributed by atoms with E-state index in [0.29, 0.717) is 41.1 Å². The van der Waals surface area contributed by atoms with E-state index < -0.39 is 5.60 Å². The first-order valence-corrected chi connectivity index (χ1v) is 17.2. The Morgan fingerprint density at radius 3 is 2.41 bits per heavy atom. The van der Waals surface area contributed by atoms with E-state index in [2.05, 4.69) is 27.7 Å². The van der Waals surface area contributed by atoms with Gasteiger partial charge in [0.05, 0.1) is 17.8 Å². The summed E-state index contributed by atoms with van der Waals surface area (Å²) in [5, 5.41) is 22.1. The zero-order valence-electron chi connectivity index (χ0n) is 27.1. The summed E-state index contributed by atoms with van der Waals surface area (Å²) in [5.74, 6) is 2.97. The molecule has 1 amide bonds. The molecule has 6 aliphatic rings. The number of carbonyl (C=O) groups is 1. The van der Waals surface area contributed by atoms with Crippen molar-refractivity contribution in [2.75, 3.05) is 19.7 Å². The maximum atomic E-state index is 12.8. The molecule has 6 nitrogen and oxygen atoms in total. The fraction of sp³-hybridized carbons (Fsp3) is 0.971. The van der Waals surface area contributed by atoms with Gasteiger partial charge in [-0.2, -0.15) is 0 Å². The topological polar surface area (TPSA) is 79.2 Å². The third-order valence-electron chi connectivity index (χ3n) is 14.6. The van der Waals surface area contributed by atoms with Gasteiger partial charge in [0.1, 0.15) is 6.10 Å². The molecule has 234 valence electrons. The van der Waals surface area contributed by atoms with Crippen LogP contribution in [0, 0.1) is 51.2 Å². The maximum Gasteiger partial charge on any atom is 0.410 e. The molecule has 2 spiro atoms. The van der Waals surface area contributed by atoms with Crippen molar-refractivity contribution in [2.45, 2.75) is 143 Å². The van der Waals surface area contributed by atoms with Crippen LogP contribution in [-0.2, 0) is 9.47 Å². The number of nitrogens with zero attached hydrogens (tertiary/aromatic N) is 1. The Hall–Kier alpha value is -0.850. The molecule has 41 heavy (non-hydrogen) atoms. The average Bonchev–Trinajstić information content (AvgIpc) is 3.27. The molecule has 0 aromatic heterocycles. The van der Waals surface area contributed by atoms with Crippen LogP contribution in [0.1, 0.15) is 119 Å².